The highest BCUT2D eigenvalue weighted by Gasteiger charge is 2.12. The van der Waals surface area contributed by atoms with Gasteiger partial charge >= 0.3 is 0 Å². The maximum absolute atomic E-state index is 10.8. The third-order valence-corrected chi connectivity index (χ3v) is 2.45. The Morgan fingerprint density at radius 2 is 1.50 bits per heavy atom. The molecule has 0 unspecified atom stereocenters. The van der Waals surface area contributed by atoms with Crippen LogP contribution in [0, 0.1) is 0 Å². The molecule has 0 spiro atoms. The van der Waals surface area contributed by atoms with Crippen LogP contribution >= 0.6 is 0 Å². The van der Waals surface area contributed by atoms with E-state index in [4.69, 9.17) is 14.0 Å². The predicted molar refractivity (Wildman–Crippen MR) is 49.4 cm³/mol. The lowest BCUT2D eigenvalue weighted by molar-refractivity contribution is 0.391. The second-order valence-corrected chi connectivity index (χ2v) is 3.94. The second kappa shape index (κ2) is 3.85. The van der Waals surface area contributed by atoms with Crippen LogP contribution in [-0.2, 0) is 10.1 Å². The SMILES string of the molecule is COc1cc(OC)cc(S(=O)(=O)O)c1. The van der Waals surface area contributed by atoms with E-state index in [2.05, 4.69) is 0 Å². The van der Waals surface area contributed by atoms with Crippen LogP contribution in [0.3, 0.4) is 0 Å². The Balaban J connectivity index is 3.32. The molecule has 0 bridgehead atoms. The van der Waals surface area contributed by atoms with Gasteiger partial charge in [-0.15, -0.1) is 0 Å². The molecule has 6 heteroatoms. The van der Waals surface area contributed by atoms with Crippen molar-refractivity contribution >= 4 is 10.1 Å². The van der Waals surface area contributed by atoms with Crippen molar-refractivity contribution in [1.29, 1.82) is 0 Å². The maximum Gasteiger partial charge on any atom is 0.294 e. The average Bonchev–Trinajstić information content (AvgIpc) is 2.15. The molecule has 78 valence electrons. The maximum atomic E-state index is 10.8. The lowest BCUT2D eigenvalue weighted by Crippen LogP contribution is -1.99. The van der Waals surface area contributed by atoms with Gasteiger partial charge in [0.1, 0.15) is 16.4 Å². The van der Waals surface area contributed by atoms with Gasteiger partial charge in [0.15, 0.2) is 0 Å². The monoisotopic (exact) mass is 218 g/mol. The first-order chi connectivity index (χ1) is 6.47. The molecule has 1 aromatic rings. The molecule has 0 aliphatic heterocycles. The van der Waals surface area contributed by atoms with E-state index in [9.17, 15) is 8.42 Å². The Bertz CT molecular complexity index is 401. The van der Waals surface area contributed by atoms with Crippen LogP contribution < -0.4 is 9.47 Å². The van der Waals surface area contributed by atoms with Crippen LogP contribution in [-0.4, -0.2) is 27.2 Å². The molecule has 0 aromatic heterocycles. The molecule has 0 heterocycles. The Morgan fingerprint density at radius 3 is 1.79 bits per heavy atom. The van der Waals surface area contributed by atoms with E-state index in [1.165, 1.54) is 32.4 Å². The van der Waals surface area contributed by atoms with Gasteiger partial charge in [0, 0.05) is 18.2 Å². The summed E-state index contributed by atoms with van der Waals surface area (Å²) in [5.41, 5.74) is 0. The Labute approximate surface area is 82.0 Å². The highest BCUT2D eigenvalue weighted by Crippen LogP contribution is 2.24. The lowest BCUT2D eigenvalue weighted by Gasteiger charge is -2.05. The van der Waals surface area contributed by atoms with Gasteiger partial charge in [0.05, 0.1) is 14.2 Å². The molecule has 14 heavy (non-hydrogen) atoms. The summed E-state index contributed by atoms with van der Waals surface area (Å²) in [6.45, 7) is 0. The number of hydrogen-bond acceptors (Lipinski definition) is 4. The first kappa shape index (κ1) is 10.8. The molecule has 0 aliphatic carbocycles. The smallest absolute Gasteiger partial charge is 0.294 e. The molecule has 0 radical (unpaired) electrons. The minimum absolute atomic E-state index is 0.256. The molecule has 0 aliphatic rings. The molecule has 0 saturated carbocycles. The molecule has 1 N–H and O–H groups in total. The number of methoxy groups -OCH3 is 2. The highest BCUT2D eigenvalue weighted by atomic mass is 32.2. The van der Waals surface area contributed by atoms with Crippen molar-refractivity contribution in [2.24, 2.45) is 0 Å². The van der Waals surface area contributed by atoms with E-state index in [1.54, 1.807) is 0 Å². The van der Waals surface area contributed by atoms with E-state index >= 15 is 0 Å². The zero-order valence-corrected chi connectivity index (χ0v) is 8.54. The van der Waals surface area contributed by atoms with Gasteiger partial charge in [-0.2, -0.15) is 8.42 Å². The zero-order valence-electron chi connectivity index (χ0n) is 7.72. The molecular formula is C8H10O5S. The van der Waals surface area contributed by atoms with E-state index in [-0.39, 0.29) is 4.90 Å². The van der Waals surface area contributed by atoms with Crippen LogP contribution in [0.1, 0.15) is 0 Å². The van der Waals surface area contributed by atoms with Crippen molar-refractivity contribution in [3.05, 3.63) is 18.2 Å². The van der Waals surface area contributed by atoms with Crippen LogP contribution in [0.15, 0.2) is 23.1 Å². The molecule has 0 amide bonds. The van der Waals surface area contributed by atoms with Crippen LogP contribution in [0.4, 0.5) is 0 Å². The summed E-state index contributed by atoms with van der Waals surface area (Å²) in [6.07, 6.45) is 0. The number of hydrogen-bond donors (Lipinski definition) is 1. The molecule has 5 nitrogen and oxygen atoms in total. The van der Waals surface area contributed by atoms with E-state index in [0.29, 0.717) is 11.5 Å². The Hall–Kier alpha value is -1.27. The molecule has 1 rings (SSSR count). The van der Waals surface area contributed by atoms with Crippen LogP contribution in [0.2, 0.25) is 0 Å². The van der Waals surface area contributed by atoms with Gasteiger partial charge in [0.2, 0.25) is 0 Å². The standard InChI is InChI=1S/C8H10O5S/c1-12-6-3-7(13-2)5-8(4-6)14(9,10)11/h3-5H,1-2H3,(H,9,10,11). The van der Waals surface area contributed by atoms with E-state index < -0.39 is 10.1 Å². The third-order valence-electron chi connectivity index (χ3n) is 1.62. The van der Waals surface area contributed by atoms with Crippen molar-refractivity contribution in [3.8, 4) is 11.5 Å². The summed E-state index contributed by atoms with van der Waals surface area (Å²) >= 11 is 0. The fourth-order valence-corrected chi connectivity index (χ4v) is 1.46. The topological polar surface area (TPSA) is 72.8 Å². The molecule has 0 fully saturated rings. The normalized spacial score (nSPS) is 11.1. The van der Waals surface area contributed by atoms with Crippen molar-refractivity contribution in [3.63, 3.8) is 0 Å². The van der Waals surface area contributed by atoms with Crippen molar-refractivity contribution < 1.29 is 22.4 Å². The van der Waals surface area contributed by atoms with Crippen LogP contribution in [0.5, 0.6) is 11.5 Å². The molecule has 0 saturated heterocycles. The third kappa shape index (κ3) is 2.36. The minimum Gasteiger partial charge on any atom is -0.497 e. The molecular weight excluding hydrogens is 208 g/mol. The van der Waals surface area contributed by atoms with Gasteiger partial charge in [-0.05, 0) is 0 Å². The quantitative estimate of drug-likeness (QED) is 0.765. The predicted octanol–water partition coefficient (Wildman–Crippen LogP) is 0.950. The van der Waals surface area contributed by atoms with Gasteiger partial charge in [-0.25, -0.2) is 0 Å². The van der Waals surface area contributed by atoms with Gasteiger partial charge in [-0.1, -0.05) is 0 Å². The summed E-state index contributed by atoms with van der Waals surface area (Å²) in [6, 6.07) is 3.92. The fraction of sp³-hybridized carbons (Fsp3) is 0.250. The summed E-state index contributed by atoms with van der Waals surface area (Å²) in [5.74, 6) is 0.606. The highest BCUT2D eigenvalue weighted by molar-refractivity contribution is 7.85. The average molecular weight is 218 g/mol. The van der Waals surface area contributed by atoms with Crippen molar-refractivity contribution in [2.45, 2.75) is 4.90 Å². The van der Waals surface area contributed by atoms with Crippen LogP contribution in [0.25, 0.3) is 0 Å². The minimum atomic E-state index is -4.23. The number of benzene rings is 1. The van der Waals surface area contributed by atoms with Crippen molar-refractivity contribution in [2.75, 3.05) is 14.2 Å². The van der Waals surface area contributed by atoms with Gasteiger partial charge in [0.25, 0.3) is 10.1 Å². The summed E-state index contributed by atoms with van der Waals surface area (Å²) in [7, 11) is -1.45. The van der Waals surface area contributed by atoms with Gasteiger partial charge in [-0.3, -0.25) is 4.55 Å². The largest absolute Gasteiger partial charge is 0.497 e. The Morgan fingerprint density at radius 1 is 1.07 bits per heavy atom. The summed E-state index contributed by atoms with van der Waals surface area (Å²) in [5, 5.41) is 0. The molecule has 1 aromatic carbocycles. The first-order valence-electron chi connectivity index (χ1n) is 3.68. The Kier molecular flexibility index (Phi) is 2.97. The number of ether oxygens (including phenoxy) is 2. The molecule has 0 atom stereocenters. The second-order valence-electron chi connectivity index (χ2n) is 2.52. The summed E-state index contributed by atoms with van der Waals surface area (Å²) in [4.78, 5) is -0.256. The number of rotatable bonds is 3. The first-order valence-corrected chi connectivity index (χ1v) is 5.12. The van der Waals surface area contributed by atoms with Crippen molar-refractivity contribution in [1.82, 2.24) is 0 Å². The zero-order chi connectivity index (χ0) is 10.8. The fourth-order valence-electron chi connectivity index (χ4n) is 0.930. The lowest BCUT2D eigenvalue weighted by atomic mass is 10.3. The summed E-state index contributed by atoms with van der Waals surface area (Å²) < 4.78 is 40.1. The van der Waals surface area contributed by atoms with E-state index in [1.807, 2.05) is 0 Å². The van der Waals surface area contributed by atoms with Gasteiger partial charge < -0.3 is 9.47 Å². The van der Waals surface area contributed by atoms with E-state index in [0.717, 1.165) is 0 Å².